The van der Waals surface area contributed by atoms with Crippen molar-refractivity contribution in [3.63, 3.8) is 0 Å². The highest BCUT2D eigenvalue weighted by molar-refractivity contribution is 7.89. The van der Waals surface area contributed by atoms with Crippen molar-refractivity contribution in [3.05, 3.63) is 28.2 Å². The zero-order valence-corrected chi connectivity index (χ0v) is 15.8. The fourth-order valence-electron chi connectivity index (χ4n) is 1.56. The normalized spacial score (nSPS) is 13.4. The van der Waals surface area contributed by atoms with Crippen LogP contribution in [0, 0.1) is 0 Å². The van der Waals surface area contributed by atoms with Gasteiger partial charge in [-0.1, -0.05) is 23.2 Å². The molecule has 7 nitrogen and oxygen atoms in total. The second-order valence-corrected chi connectivity index (χ2v) is 8.54. The summed E-state index contributed by atoms with van der Waals surface area (Å²) in [5.74, 6) is 0. The fourth-order valence-corrected chi connectivity index (χ4v) is 3.41. The van der Waals surface area contributed by atoms with Gasteiger partial charge in [0.25, 0.3) is 0 Å². The molecule has 136 valence electrons. The number of amides is 1. The maximum absolute atomic E-state index is 12.1. The molecule has 0 aliphatic carbocycles. The van der Waals surface area contributed by atoms with E-state index in [1.165, 1.54) is 18.2 Å². The third kappa shape index (κ3) is 7.23. The molecule has 1 aromatic rings. The number of rotatable bonds is 6. The van der Waals surface area contributed by atoms with Crippen LogP contribution in [0.25, 0.3) is 0 Å². The molecule has 1 rings (SSSR count). The number of carbonyl (C=O) groups excluding carboxylic acids is 1. The third-order valence-corrected chi connectivity index (χ3v) is 4.71. The Hall–Kier alpha value is -1.06. The van der Waals surface area contributed by atoms with Crippen LogP contribution in [0.3, 0.4) is 0 Å². The number of hydrogen-bond donors (Lipinski definition) is 3. The predicted octanol–water partition coefficient (Wildman–Crippen LogP) is 2.16. The van der Waals surface area contributed by atoms with Crippen LogP contribution < -0.4 is 10.0 Å². The van der Waals surface area contributed by atoms with Gasteiger partial charge >= 0.3 is 6.09 Å². The molecule has 1 amide bonds. The lowest BCUT2D eigenvalue weighted by atomic mass is 10.2. The van der Waals surface area contributed by atoms with E-state index in [4.69, 9.17) is 27.9 Å². The molecule has 0 radical (unpaired) electrons. The molecule has 0 saturated carbocycles. The zero-order chi connectivity index (χ0) is 18.5. The first-order valence-corrected chi connectivity index (χ1v) is 9.24. The Labute approximate surface area is 151 Å². The van der Waals surface area contributed by atoms with Crippen LogP contribution in [0.15, 0.2) is 23.1 Å². The van der Waals surface area contributed by atoms with Crippen molar-refractivity contribution >= 4 is 39.3 Å². The SMILES string of the molecule is CC(C)(C)OC(=O)NCC(O)CNS(=O)(=O)c1ccc(Cl)cc1Cl. The van der Waals surface area contributed by atoms with E-state index in [2.05, 4.69) is 10.0 Å². The monoisotopic (exact) mass is 398 g/mol. The third-order valence-electron chi connectivity index (χ3n) is 2.57. The van der Waals surface area contributed by atoms with Gasteiger partial charge < -0.3 is 15.2 Å². The highest BCUT2D eigenvalue weighted by atomic mass is 35.5. The molecule has 24 heavy (non-hydrogen) atoms. The van der Waals surface area contributed by atoms with Crippen molar-refractivity contribution in [1.82, 2.24) is 10.0 Å². The lowest BCUT2D eigenvalue weighted by Gasteiger charge is -2.20. The lowest BCUT2D eigenvalue weighted by Crippen LogP contribution is -2.41. The molecule has 0 aliphatic heterocycles. The van der Waals surface area contributed by atoms with Crippen LogP contribution in [-0.2, 0) is 14.8 Å². The van der Waals surface area contributed by atoms with Gasteiger partial charge in [-0.05, 0) is 39.0 Å². The minimum absolute atomic E-state index is 0.0311. The van der Waals surface area contributed by atoms with E-state index in [9.17, 15) is 18.3 Å². The summed E-state index contributed by atoms with van der Waals surface area (Å²) in [7, 11) is -3.91. The average molecular weight is 399 g/mol. The summed E-state index contributed by atoms with van der Waals surface area (Å²) >= 11 is 11.6. The van der Waals surface area contributed by atoms with Gasteiger partial charge in [-0.3, -0.25) is 0 Å². The van der Waals surface area contributed by atoms with Gasteiger partial charge in [0.2, 0.25) is 10.0 Å². The molecule has 1 atom stereocenters. The van der Waals surface area contributed by atoms with E-state index in [-0.39, 0.29) is 23.0 Å². The summed E-state index contributed by atoms with van der Waals surface area (Å²) in [4.78, 5) is 11.3. The van der Waals surface area contributed by atoms with Crippen LogP contribution in [0.1, 0.15) is 20.8 Å². The second kappa shape index (κ2) is 8.35. The summed E-state index contributed by atoms with van der Waals surface area (Å²) < 4.78 is 31.5. The smallest absolute Gasteiger partial charge is 0.407 e. The number of ether oxygens (including phenoxy) is 1. The van der Waals surface area contributed by atoms with E-state index >= 15 is 0 Å². The topological polar surface area (TPSA) is 105 Å². The Kier molecular flexibility index (Phi) is 7.30. The van der Waals surface area contributed by atoms with E-state index < -0.39 is 27.8 Å². The molecule has 0 spiro atoms. The van der Waals surface area contributed by atoms with E-state index in [1.807, 2.05) is 0 Å². The minimum atomic E-state index is -3.91. The average Bonchev–Trinajstić information content (AvgIpc) is 2.40. The van der Waals surface area contributed by atoms with Gasteiger partial charge in [0, 0.05) is 18.1 Å². The largest absolute Gasteiger partial charge is 0.444 e. The first-order valence-electron chi connectivity index (χ1n) is 7.00. The Bertz CT molecular complexity index is 689. The van der Waals surface area contributed by atoms with Gasteiger partial charge in [0.1, 0.15) is 10.5 Å². The number of alkyl carbamates (subject to hydrolysis) is 1. The number of nitrogens with one attached hydrogen (secondary N) is 2. The number of halogens is 2. The van der Waals surface area contributed by atoms with Crippen molar-refractivity contribution in [2.45, 2.75) is 37.4 Å². The number of aliphatic hydroxyl groups is 1. The first kappa shape index (κ1) is 21.0. The summed E-state index contributed by atoms with van der Waals surface area (Å²) in [6.45, 7) is 4.62. The quantitative estimate of drug-likeness (QED) is 0.680. The molecule has 1 unspecified atom stereocenters. The molecule has 3 N–H and O–H groups in total. The van der Waals surface area contributed by atoms with Gasteiger partial charge in [-0.25, -0.2) is 17.9 Å². The van der Waals surface area contributed by atoms with E-state index in [1.54, 1.807) is 20.8 Å². The van der Waals surface area contributed by atoms with Crippen LogP contribution in [-0.4, -0.2) is 44.4 Å². The van der Waals surface area contributed by atoms with Crippen LogP contribution in [0.4, 0.5) is 4.79 Å². The fraction of sp³-hybridized carbons (Fsp3) is 0.500. The van der Waals surface area contributed by atoms with Crippen molar-refractivity contribution in [1.29, 1.82) is 0 Å². The molecule has 0 aliphatic rings. The van der Waals surface area contributed by atoms with Gasteiger partial charge in [-0.2, -0.15) is 0 Å². The van der Waals surface area contributed by atoms with Gasteiger partial charge in [-0.15, -0.1) is 0 Å². The molecule has 0 saturated heterocycles. The highest BCUT2D eigenvalue weighted by Crippen LogP contribution is 2.24. The van der Waals surface area contributed by atoms with E-state index in [0.717, 1.165) is 0 Å². The Morgan fingerprint density at radius 2 is 1.92 bits per heavy atom. The van der Waals surface area contributed by atoms with Crippen LogP contribution >= 0.6 is 23.2 Å². The minimum Gasteiger partial charge on any atom is -0.444 e. The van der Waals surface area contributed by atoms with Crippen molar-refractivity contribution in [2.24, 2.45) is 0 Å². The summed E-state index contributed by atoms with van der Waals surface area (Å²) in [6.07, 6.45) is -1.84. The molecule has 0 fully saturated rings. The molecule has 10 heteroatoms. The summed E-state index contributed by atoms with van der Waals surface area (Å²) in [5.41, 5.74) is -0.665. The van der Waals surface area contributed by atoms with Gasteiger partial charge in [0.15, 0.2) is 0 Å². The number of benzene rings is 1. The molecule has 0 heterocycles. The van der Waals surface area contributed by atoms with Crippen LogP contribution in [0.2, 0.25) is 10.0 Å². The molecular formula is C14H20Cl2N2O5S. The summed E-state index contributed by atoms with van der Waals surface area (Å²) in [6, 6.07) is 3.96. The second-order valence-electron chi connectivity index (χ2n) is 5.96. The van der Waals surface area contributed by atoms with Crippen LogP contribution in [0.5, 0.6) is 0 Å². The zero-order valence-electron chi connectivity index (χ0n) is 13.5. The Morgan fingerprint density at radius 1 is 1.29 bits per heavy atom. The number of sulfonamides is 1. The standard InChI is InChI=1S/C14H20Cl2N2O5S/c1-14(2,3)23-13(20)17-7-10(19)8-18-24(21,22)12-5-4-9(15)6-11(12)16/h4-6,10,18-19H,7-8H2,1-3H3,(H,17,20). The maximum Gasteiger partial charge on any atom is 0.407 e. The Morgan fingerprint density at radius 3 is 2.46 bits per heavy atom. The number of carbonyl (C=O) groups is 1. The Balaban J connectivity index is 2.54. The highest BCUT2D eigenvalue weighted by Gasteiger charge is 2.20. The van der Waals surface area contributed by atoms with Gasteiger partial charge in [0.05, 0.1) is 11.1 Å². The molecule has 1 aromatic carbocycles. The molecule has 0 bridgehead atoms. The summed E-state index contributed by atoms with van der Waals surface area (Å²) in [5, 5.41) is 12.4. The molecular weight excluding hydrogens is 379 g/mol. The van der Waals surface area contributed by atoms with Crippen molar-refractivity contribution < 1.29 is 23.1 Å². The van der Waals surface area contributed by atoms with E-state index in [0.29, 0.717) is 5.02 Å². The maximum atomic E-state index is 12.1. The first-order chi connectivity index (χ1) is 10.9. The molecule has 0 aromatic heterocycles. The number of aliphatic hydroxyl groups excluding tert-OH is 1. The van der Waals surface area contributed by atoms with Crippen molar-refractivity contribution in [3.8, 4) is 0 Å². The lowest BCUT2D eigenvalue weighted by molar-refractivity contribution is 0.0494. The number of hydrogen-bond acceptors (Lipinski definition) is 5. The van der Waals surface area contributed by atoms with Crippen molar-refractivity contribution in [2.75, 3.05) is 13.1 Å². The predicted molar refractivity (Wildman–Crippen MR) is 91.9 cm³/mol.